The Balaban J connectivity index is 2.44. The standard InChI is InChI=1S/C17H27NO4S/c1-3-4-10-15(17(19)20)11-8-9-14-18(2)23(21,22)16-12-6-5-7-13-16/h5-7,12-13,15H,3-4,8-11,14H2,1-2H3,(H,19,20). The van der Waals surface area contributed by atoms with Gasteiger partial charge >= 0.3 is 5.97 Å². The summed E-state index contributed by atoms with van der Waals surface area (Å²) in [7, 11) is -1.89. The molecule has 0 radical (unpaired) electrons. The smallest absolute Gasteiger partial charge is 0.306 e. The fourth-order valence-corrected chi connectivity index (χ4v) is 3.69. The number of unbranched alkanes of at least 4 members (excludes halogenated alkanes) is 2. The van der Waals surface area contributed by atoms with E-state index in [-0.39, 0.29) is 10.8 Å². The van der Waals surface area contributed by atoms with Crippen molar-refractivity contribution in [2.45, 2.75) is 50.3 Å². The van der Waals surface area contributed by atoms with Crippen LogP contribution in [0.3, 0.4) is 0 Å². The van der Waals surface area contributed by atoms with E-state index in [9.17, 15) is 18.3 Å². The lowest BCUT2D eigenvalue weighted by atomic mass is 9.96. The van der Waals surface area contributed by atoms with Crippen LogP contribution in [-0.2, 0) is 14.8 Å². The molecule has 0 fully saturated rings. The van der Waals surface area contributed by atoms with Gasteiger partial charge in [0.2, 0.25) is 10.0 Å². The van der Waals surface area contributed by atoms with Gasteiger partial charge in [0.1, 0.15) is 0 Å². The quantitative estimate of drug-likeness (QED) is 0.626. The van der Waals surface area contributed by atoms with Crippen LogP contribution >= 0.6 is 0 Å². The summed E-state index contributed by atoms with van der Waals surface area (Å²) in [5.41, 5.74) is 0. The van der Waals surface area contributed by atoms with Crippen LogP contribution in [0.15, 0.2) is 35.2 Å². The molecule has 1 aromatic rings. The number of aliphatic carboxylic acids is 1. The van der Waals surface area contributed by atoms with Crippen LogP contribution in [0.4, 0.5) is 0 Å². The average Bonchev–Trinajstić information content (AvgIpc) is 2.54. The summed E-state index contributed by atoms with van der Waals surface area (Å²) < 4.78 is 26.0. The Morgan fingerprint density at radius 1 is 1.13 bits per heavy atom. The van der Waals surface area contributed by atoms with Crippen molar-refractivity contribution in [1.29, 1.82) is 0 Å². The number of hydrogen-bond acceptors (Lipinski definition) is 3. The van der Waals surface area contributed by atoms with Crippen LogP contribution in [0.1, 0.15) is 45.4 Å². The second-order valence-corrected chi connectivity index (χ2v) is 7.86. The van der Waals surface area contributed by atoms with Gasteiger partial charge in [-0.05, 0) is 31.4 Å². The minimum atomic E-state index is -3.45. The summed E-state index contributed by atoms with van der Waals surface area (Å²) in [4.78, 5) is 11.5. The summed E-state index contributed by atoms with van der Waals surface area (Å²) in [6.07, 6.45) is 4.59. The van der Waals surface area contributed by atoms with Crippen LogP contribution in [0, 0.1) is 5.92 Å². The van der Waals surface area contributed by atoms with Crippen molar-refractivity contribution in [3.63, 3.8) is 0 Å². The van der Waals surface area contributed by atoms with Crippen LogP contribution in [0.25, 0.3) is 0 Å². The number of rotatable bonds is 11. The molecule has 0 aliphatic rings. The van der Waals surface area contributed by atoms with Crippen molar-refractivity contribution in [2.24, 2.45) is 5.92 Å². The number of carbonyl (C=O) groups is 1. The van der Waals surface area contributed by atoms with Gasteiger partial charge in [-0.1, -0.05) is 44.4 Å². The Hall–Kier alpha value is -1.40. The highest BCUT2D eigenvalue weighted by Gasteiger charge is 2.20. The molecular weight excluding hydrogens is 314 g/mol. The van der Waals surface area contributed by atoms with Crippen molar-refractivity contribution < 1.29 is 18.3 Å². The Labute approximate surface area is 139 Å². The van der Waals surface area contributed by atoms with Crippen LogP contribution in [-0.4, -0.2) is 37.4 Å². The third-order valence-electron chi connectivity index (χ3n) is 3.98. The van der Waals surface area contributed by atoms with Gasteiger partial charge in [0, 0.05) is 13.6 Å². The Kier molecular flexibility index (Phi) is 8.26. The third kappa shape index (κ3) is 6.31. The SMILES string of the molecule is CCCCC(CCCCN(C)S(=O)(=O)c1ccccc1)C(=O)O. The second-order valence-electron chi connectivity index (χ2n) is 5.81. The first-order valence-electron chi connectivity index (χ1n) is 8.13. The topological polar surface area (TPSA) is 74.7 Å². The lowest BCUT2D eigenvalue weighted by Crippen LogP contribution is -2.28. The maximum atomic E-state index is 12.3. The highest BCUT2D eigenvalue weighted by molar-refractivity contribution is 7.89. The maximum Gasteiger partial charge on any atom is 0.306 e. The molecule has 0 saturated carbocycles. The number of carboxylic acids is 1. The molecule has 1 rings (SSSR count). The summed E-state index contributed by atoms with van der Waals surface area (Å²) in [5.74, 6) is -1.06. The highest BCUT2D eigenvalue weighted by atomic mass is 32.2. The van der Waals surface area contributed by atoms with Crippen molar-refractivity contribution >= 4 is 16.0 Å². The first-order chi connectivity index (χ1) is 10.9. The number of sulfonamides is 1. The molecule has 1 N–H and O–H groups in total. The van der Waals surface area contributed by atoms with E-state index in [1.165, 1.54) is 4.31 Å². The molecule has 1 aromatic carbocycles. The second kappa shape index (κ2) is 9.67. The first-order valence-corrected chi connectivity index (χ1v) is 9.57. The molecule has 130 valence electrons. The number of carboxylic acid groups (broad SMARTS) is 1. The van der Waals surface area contributed by atoms with Gasteiger partial charge < -0.3 is 5.11 Å². The number of nitrogens with zero attached hydrogens (tertiary/aromatic N) is 1. The van der Waals surface area contributed by atoms with Gasteiger partial charge in [-0.15, -0.1) is 0 Å². The zero-order valence-electron chi connectivity index (χ0n) is 13.9. The van der Waals surface area contributed by atoms with Gasteiger partial charge in [-0.3, -0.25) is 4.79 Å². The van der Waals surface area contributed by atoms with Crippen LogP contribution in [0.2, 0.25) is 0 Å². The van der Waals surface area contributed by atoms with Gasteiger partial charge in [-0.25, -0.2) is 12.7 Å². The van der Waals surface area contributed by atoms with E-state index in [1.54, 1.807) is 37.4 Å². The van der Waals surface area contributed by atoms with Gasteiger partial charge in [0.25, 0.3) is 0 Å². The fourth-order valence-electron chi connectivity index (χ4n) is 2.46. The summed E-state index contributed by atoms with van der Waals surface area (Å²) >= 11 is 0. The zero-order valence-corrected chi connectivity index (χ0v) is 14.8. The Morgan fingerprint density at radius 2 is 1.74 bits per heavy atom. The summed E-state index contributed by atoms with van der Waals surface area (Å²) in [6, 6.07) is 8.34. The minimum absolute atomic E-state index is 0.286. The lowest BCUT2D eigenvalue weighted by Gasteiger charge is -2.18. The summed E-state index contributed by atoms with van der Waals surface area (Å²) in [5, 5.41) is 9.18. The van der Waals surface area contributed by atoms with Crippen molar-refractivity contribution in [2.75, 3.05) is 13.6 Å². The third-order valence-corrected chi connectivity index (χ3v) is 5.85. The van der Waals surface area contributed by atoms with Gasteiger partial charge in [-0.2, -0.15) is 0 Å². The van der Waals surface area contributed by atoms with E-state index in [0.29, 0.717) is 25.8 Å². The van der Waals surface area contributed by atoms with Gasteiger partial charge in [0.15, 0.2) is 0 Å². The molecule has 0 saturated heterocycles. The van der Waals surface area contributed by atoms with E-state index in [4.69, 9.17) is 0 Å². The van der Waals surface area contributed by atoms with Crippen molar-refractivity contribution in [3.8, 4) is 0 Å². The molecule has 23 heavy (non-hydrogen) atoms. The molecule has 0 aliphatic carbocycles. The molecule has 5 nitrogen and oxygen atoms in total. The molecular formula is C17H27NO4S. The zero-order chi connectivity index (χ0) is 17.3. The normalized spacial score (nSPS) is 13.2. The van der Waals surface area contributed by atoms with E-state index in [1.807, 2.05) is 6.92 Å². The van der Waals surface area contributed by atoms with Crippen LogP contribution < -0.4 is 0 Å². The van der Waals surface area contributed by atoms with E-state index < -0.39 is 16.0 Å². The van der Waals surface area contributed by atoms with Crippen LogP contribution in [0.5, 0.6) is 0 Å². The predicted molar refractivity (Wildman–Crippen MR) is 90.8 cm³/mol. The number of benzene rings is 1. The van der Waals surface area contributed by atoms with Crippen molar-refractivity contribution in [3.05, 3.63) is 30.3 Å². The predicted octanol–water partition coefficient (Wildman–Crippen LogP) is 3.37. The van der Waals surface area contributed by atoms with Crippen molar-refractivity contribution in [1.82, 2.24) is 4.31 Å². The first kappa shape index (κ1) is 19.6. The molecule has 1 atom stereocenters. The average molecular weight is 341 g/mol. The van der Waals surface area contributed by atoms with E-state index in [2.05, 4.69) is 0 Å². The maximum absolute atomic E-state index is 12.3. The lowest BCUT2D eigenvalue weighted by molar-refractivity contribution is -0.142. The molecule has 0 aliphatic heterocycles. The van der Waals surface area contributed by atoms with E-state index in [0.717, 1.165) is 19.3 Å². The number of hydrogen-bond donors (Lipinski definition) is 1. The highest BCUT2D eigenvalue weighted by Crippen LogP contribution is 2.18. The molecule has 0 bridgehead atoms. The molecule has 0 heterocycles. The fraction of sp³-hybridized carbons (Fsp3) is 0.588. The Bertz CT molecular complexity index is 572. The molecule has 0 spiro atoms. The summed E-state index contributed by atoms with van der Waals surface area (Å²) in [6.45, 7) is 2.44. The molecule has 6 heteroatoms. The largest absolute Gasteiger partial charge is 0.481 e. The van der Waals surface area contributed by atoms with E-state index >= 15 is 0 Å². The van der Waals surface area contributed by atoms with Gasteiger partial charge in [0.05, 0.1) is 10.8 Å². The Morgan fingerprint density at radius 3 is 2.30 bits per heavy atom. The monoisotopic (exact) mass is 341 g/mol. The molecule has 0 aromatic heterocycles. The molecule has 1 unspecified atom stereocenters. The molecule has 0 amide bonds. The minimum Gasteiger partial charge on any atom is -0.481 e.